The number of sulfonamides is 1. The van der Waals surface area contributed by atoms with Gasteiger partial charge in [-0.15, -0.1) is 0 Å². The van der Waals surface area contributed by atoms with Gasteiger partial charge in [0.2, 0.25) is 21.8 Å². The largest absolute Gasteiger partial charge is 0.354 e. The number of aryl methyl sites for hydroxylation is 2. The molecule has 1 fully saturated rings. The van der Waals surface area contributed by atoms with Crippen molar-refractivity contribution in [2.45, 2.75) is 63.3 Å². The number of rotatable bonds is 8. The molecule has 0 atom stereocenters. The first-order valence-electron chi connectivity index (χ1n) is 9.80. The first-order valence-corrected chi connectivity index (χ1v) is 11.2. The number of benzene rings is 1. The summed E-state index contributed by atoms with van der Waals surface area (Å²) in [6.45, 7) is 3.65. The highest BCUT2D eigenvalue weighted by molar-refractivity contribution is 7.89. The molecule has 0 radical (unpaired) electrons. The molecule has 2 rings (SSSR count). The smallest absolute Gasteiger partial charge is 0.243 e. The third-order valence-corrected chi connectivity index (χ3v) is 7.00. The van der Waals surface area contributed by atoms with Crippen molar-refractivity contribution in [3.05, 3.63) is 29.3 Å². The van der Waals surface area contributed by atoms with E-state index in [9.17, 15) is 18.0 Å². The first-order chi connectivity index (χ1) is 13.2. The second-order valence-corrected chi connectivity index (χ2v) is 9.55. The Morgan fingerprint density at radius 3 is 2.39 bits per heavy atom. The molecule has 0 aliphatic heterocycles. The van der Waals surface area contributed by atoms with E-state index >= 15 is 0 Å². The molecule has 1 aromatic carbocycles. The highest BCUT2D eigenvalue weighted by atomic mass is 32.2. The normalized spacial score (nSPS) is 15.4. The third kappa shape index (κ3) is 6.31. The molecular weight excluding hydrogens is 378 g/mol. The van der Waals surface area contributed by atoms with Gasteiger partial charge < -0.3 is 10.6 Å². The van der Waals surface area contributed by atoms with Gasteiger partial charge >= 0.3 is 0 Å². The maximum absolute atomic E-state index is 12.6. The second kappa shape index (κ2) is 10.0. The van der Waals surface area contributed by atoms with Gasteiger partial charge in [0.1, 0.15) is 0 Å². The van der Waals surface area contributed by atoms with Crippen LogP contribution in [-0.2, 0) is 19.6 Å². The molecule has 28 heavy (non-hydrogen) atoms. The van der Waals surface area contributed by atoms with Crippen LogP contribution in [0.25, 0.3) is 0 Å². The molecule has 2 amide bonds. The lowest BCUT2D eigenvalue weighted by molar-refractivity contribution is -0.122. The fourth-order valence-electron chi connectivity index (χ4n) is 3.26. The predicted octanol–water partition coefficient (Wildman–Crippen LogP) is 1.88. The number of likely N-dealkylation sites (N-methyl/N-ethyl adjacent to an activating group) is 1. The van der Waals surface area contributed by atoms with Crippen LogP contribution in [-0.4, -0.2) is 50.7 Å². The molecule has 0 unspecified atom stereocenters. The third-order valence-electron chi connectivity index (χ3n) is 5.20. The van der Waals surface area contributed by atoms with E-state index in [1.165, 1.54) is 13.5 Å². The molecule has 1 aromatic rings. The summed E-state index contributed by atoms with van der Waals surface area (Å²) in [6.07, 6.45) is 5.72. The summed E-state index contributed by atoms with van der Waals surface area (Å²) in [4.78, 5) is 24.2. The standard InChI is InChI=1S/C20H31N3O4S/c1-15-9-10-18(13-16(15)2)28(26,27)23(3)14-20(25)21-12-11-19(24)22-17-7-5-4-6-8-17/h9-10,13,17H,4-8,11-12,14H2,1-3H3,(H,21,25)(H,22,24). The van der Waals surface area contributed by atoms with Crippen LogP contribution in [0.5, 0.6) is 0 Å². The molecule has 1 aliphatic carbocycles. The monoisotopic (exact) mass is 409 g/mol. The summed E-state index contributed by atoms with van der Waals surface area (Å²) in [5, 5.41) is 5.61. The van der Waals surface area contributed by atoms with Gasteiger partial charge in [0.15, 0.2) is 0 Å². The summed E-state index contributed by atoms with van der Waals surface area (Å²) in [5.41, 5.74) is 1.88. The lowest BCUT2D eigenvalue weighted by Gasteiger charge is -2.22. The zero-order valence-electron chi connectivity index (χ0n) is 17.0. The van der Waals surface area contributed by atoms with Crippen LogP contribution in [0.2, 0.25) is 0 Å². The Hall–Kier alpha value is -1.93. The molecular formula is C20H31N3O4S. The topological polar surface area (TPSA) is 95.6 Å². The van der Waals surface area contributed by atoms with Crippen molar-refractivity contribution in [3.63, 3.8) is 0 Å². The maximum atomic E-state index is 12.6. The van der Waals surface area contributed by atoms with Crippen molar-refractivity contribution in [1.29, 1.82) is 0 Å². The Kier molecular flexibility index (Phi) is 8.00. The molecule has 0 saturated heterocycles. The molecule has 0 bridgehead atoms. The van der Waals surface area contributed by atoms with Crippen molar-refractivity contribution < 1.29 is 18.0 Å². The van der Waals surface area contributed by atoms with Gasteiger partial charge in [-0.1, -0.05) is 25.3 Å². The Morgan fingerprint density at radius 2 is 1.75 bits per heavy atom. The zero-order chi connectivity index (χ0) is 20.7. The summed E-state index contributed by atoms with van der Waals surface area (Å²) >= 11 is 0. The zero-order valence-corrected chi connectivity index (χ0v) is 17.8. The van der Waals surface area contributed by atoms with Gasteiger partial charge in [-0.3, -0.25) is 9.59 Å². The van der Waals surface area contributed by atoms with E-state index in [2.05, 4.69) is 10.6 Å². The van der Waals surface area contributed by atoms with Gasteiger partial charge in [-0.25, -0.2) is 8.42 Å². The molecule has 0 spiro atoms. The van der Waals surface area contributed by atoms with Crippen molar-refractivity contribution in [3.8, 4) is 0 Å². The van der Waals surface area contributed by atoms with Gasteiger partial charge in [0.25, 0.3) is 0 Å². The van der Waals surface area contributed by atoms with Crippen molar-refractivity contribution in [2.24, 2.45) is 0 Å². The molecule has 0 heterocycles. The van der Waals surface area contributed by atoms with E-state index in [-0.39, 0.29) is 36.4 Å². The fourth-order valence-corrected chi connectivity index (χ4v) is 4.47. The summed E-state index contributed by atoms with van der Waals surface area (Å²) in [7, 11) is -2.37. The number of nitrogens with zero attached hydrogens (tertiary/aromatic N) is 1. The minimum atomic E-state index is -3.74. The Morgan fingerprint density at radius 1 is 1.07 bits per heavy atom. The molecule has 8 heteroatoms. The van der Waals surface area contributed by atoms with Crippen molar-refractivity contribution in [2.75, 3.05) is 20.1 Å². The van der Waals surface area contributed by atoms with Crippen molar-refractivity contribution in [1.82, 2.24) is 14.9 Å². The highest BCUT2D eigenvalue weighted by Gasteiger charge is 2.23. The van der Waals surface area contributed by atoms with Gasteiger partial charge in [0, 0.05) is 26.1 Å². The van der Waals surface area contributed by atoms with E-state index in [1.807, 2.05) is 13.8 Å². The Bertz CT molecular complexity index is 802. The highest BCUT2D eigenvalue weighted by Crippen LogP contribution is 2.18. The van der Waals surface area contributed by atoms with E-state index in [4.69, 9.17) is 0 Å². The molecule has 1 aliphatic rings. The number of amides is 2. The van der Waals surface area contributed by atoms with Crippen molar-refractivity contribution >= 4 is 21.8 Å². The van der Waals surface area contributed by atoms with E-state index in [0.29, 0.717) is 0 Å². The van der Waals surface area contributed by atoms with Crippen LogP contribution in [0.4, 0.5) is 0 Å². The molecule has 7 nitrogen and oxygen atoms in total. The SMILES string of the molecule is Cc1ccc(S(=O)(=O)N(C)CC(=O)NCCC(=O)NC2CCCCC2)cc1C. The summed E-state index contributed by atoms with van der Waals surface area (Å²) in [5.74, 6) is -0.510. The van der Waals surface area contributed by atoms with Crippen LogP contribution in [0.1, 0.15) is 49.7 Å². The van der Waals surface area contributed by atoms with Crippen LogP contribution >= 0.6 is 0 Å². The lowest BCUT2D eigenvalue weighted by atomic mass is 9.95. The number of hydrogen-bond acceptors (Lipinski definition) is 4. The Balaban J connectivity index is 1.78. The van der Waals surface area contributed by atoms with E-state index in [1.54, 1.807) is 18.2 Å². The predicted molar refractivity (Wildman–Crippen MR) is 108 cm³/mol. The number of carbonyl (C=O) groups excluding carboxylic acids is 2. The minimum absolute atomic E-state index is 0.0803. The molecule has 2 N–H and O–H groups in total. The van der Waals surface area contributed by atoms with Crippen LogP contribution in [0.15, 0.2) is 23.1 Å². The summed E-state index contributed by atoms with van der Waals surface area (Å²) in [6, 6.07) is 5.14. The van der Waals surface area contributed by atoms with Gasteiger partial charge in [-0.2, -0.15) is 4.31 Å². The number of carbonyl (C=O) groups is 2. The average Bonchev–Trinajstić information content (AvgIpc) is 2.64. The van der Waals surface area contributed by atoms with Crippen LogP contribution in [0, 0.1) is 13.8 Å². The number of nitrogens with one attached hydrogen (secondary N) is 2. The fraction of sp³-hybridized carbons (Fsp3) is 0.600. The van der Waals surface area contributed by atoms with Crippen LogP contribution in [0.3, 0.4) is 0 Å². The average molecular weight is 410 g/mol. The van der Waals surface area contributed by atoms with E-state index < -0.39 is 15.9 Å². The quantitative estimate of drug-likeness (QED) is 0.685. The molecule has 156 valence electrons. The maximum Gasteiger partial charge on any atom is 0.243 e. The van der Waals surface area contributed by atoms with Gasteiger partial charge in [0.05, 0.1) is 11.4 Å². The summed E-state index contributed by atoms with van der Waals surface area (Å²) < 4.78 is 26.3. The second-order valence-electron chi connectivity index (χ2n) is 7.51. The lowest BCUT2D eigenvalue weighted by Crippen LogP contribution is -2.41. The van der Waals surface area contributed by atoms with Crippen LogP contribution < -0.4 is 10.6 Å². The van der Waals surface area contributed by atoms with E-state index in [0.717, 1.165) is 41.1 Å². The van der Waals surface area contributed by atoms with Gasteiger partial charge in [-0.05, 0) is 49.9 Å². The Labute approximate surface area is 167 Å². The number of hydrogen-bond donors (Lipinski definition) is 2. The molecule has 1 saturated carbocycles. The minimum Gasteiger partial charge on any atom is -0.354 e. The molecule has 0 aromatic heterocycles. The first kappa shape index (κ1) is 22.4.